The number of nitrogens with zero attached hydrogens (tertiary/aromatic N) is 2. The summed E-state index contributed by atoms with van der Waals surface area (Å²) in [6.45, 7) is 1.69. The Hall–Kier alpha value is -5.02. The van der Waals surface area contributed by atoms with E-state index in [1.165, 1.54) is 0 Å². The Balaban J connectivity index is 1.50. The van der Waals surface area contributed by atoms with Crippen molar-refractivity contribution in [1.29, 1.82) is 5.41 Å². The van der Waals surface area contributed by atoms with Crippen LogP contribution in [0.3, 0.4) is 0 Å². The summed E-state index contributed by atoms with van der Waals surface area (Å²) in [5.41, 5.74) is 3.01. The van der Waals surface area contributed by atoms with Gasteiger partial charge >= 0.3 is 5.97 Å². The molecule has 0 amide bonds. The van der Waals surface area contributed by atoms with E-state index in [0.29, 0.717) is 44.7 Å². The molecule has 0 saturated heterocycles. The number of ether oxygens (including phenoxy) is 1. The largest absolute Gasteiger partial charge is 0.507 e. The van der Waals surface area contributed by atoms with Gasteiger partial charge in [-0.2, -0.15) is 0 Å². The molecule has 0 fully saturated rings. The van der Waals surface area contributed by atoms with Crippen molar-refractivity contribution in [3.8, 4) is 28.4 Å². The number of carbonyl (C=O) groups is 1. The molecule has 5 aromatic rings. The summed E-state index contributed by atoms with van der Waals surface area (Å²) in [7, 11) is 0. The fourth-order valence-corrected chi connectivity index (χ4v) is 5.88. The van der Waals surface area contributed by atoms with Crippen LogP contribution >= 0.6 is 0 Å². The van der Waals surface area contributed by atoms with Crippen LogP contribution in [0.25, 0.3) is 33.5 Å². The van der Waals surface area contributed by atoms with Crippen LogP contribution in [0.4, 0.5) is 0 Å². The predicted molar refractivity (Wildman–Crippen MR) is 148 cm³/mol. The number of aromatic nitrogens is 3. The summed E-state index contributed by atoms with van der Waals surface area (Å²) in [4.78, 5) is 34.1. The molecule has 3 aromatic heterocycles. The summed E-state index contributed by atoms with van der Waals surface area (Å²) in [5, 5.41) is 32.2. The molecule has 2 aliphatic rings. The van der Waals surface area contributed by atoms with Crippen molar-refractivity contribution >= 4 is 22.6 Å². The first-order valence-electron chi connectivity index (χ1n) is 13.0. The highest BCUT2D eigenvalue weighted by molar-refractivity contribution is 6.22. The Morgan fingerprint density at radius 3 is 2.67 bits per heavy atom. The van der Waals surface area contributed by atoms with E-state index in [1.54, 1.807) is 29.8 Å². The van der Waals surface area contributed by atoms with Gasteiger partial charge in [0.05, 0.1) is 34.7 Å². The number of carbonyl (C=O) groups excluding carboxylic acids is 1. The van der Waals surface area contributed by atoms with Gasteiger partial charge in [0.25, 0.3) is 5.56 Å². The molecule has 198 valence electrons. The van der Waals surface area contributed by atoms with Crippen molar-refractivity contribution in [3.05, 3.63) is 105 Å². The first kappa shape index (κ1) is 24.1. The second-order valence-corrected chi connectivity index (χ2v) is 10.1. The predicted octanol–water partition coefficient (Wildman–Crippen LogP) is 4.20. The van der Waals surface area contributed by atoms with Gasteiger partial charge in [-0.05, 0) is 30.7 Å². The molecule has 9 nitrogen and oxygen atoms in total. The number of aromatic hydroxyl groups is 1. The molecule has 2 aliphatic heterocycles. The van der Waals surface area contributed by atoms with Crippen LogP contribution in [0.5, 0.6) is 5.75 Å². The van der Waals surface area contributed by atoms with Crippen molar-refractivity contribution in [2.45, 2.75) is 32.1 Å². The second-order valence-electron chi connectivity index (χ2n) is 10.1. The van der Waals surface area contributed by atoms with Gasteiger partial charge in [0, 0.05) is 51.2 Å². The Bertz CT molecular complexity index is 1940. The zero-order chi connectivity index (χ0) is 27.8. The maximum absolute atomic E-state index is 13.6. The minimum absolute atomic E-state index is 0.0398. The molecule has 9 heteroatoms. The monoisotopic (exact) mass is 532 g/mol. The number of nitrogens with one attached hydrogen (secondary N) is 2. The third kappa shape index (κ3) is 3.24. The number of fused-ring (bicyclic) bond motifs is 5. The molecule has 0 unspecified atom stereocenters. The highest BCUT2D eigenvalue weighted by Crippen LogP contribution is 2.42. The topological polar surface area (TPSA) is 141 Å². The SMILES string of the molecule is CC[C@@]1(O)C(=O)OCc2c1cc1n(c2=O)Cc2cc3c(C(=N)c4ccccc4)c(-c4ccc[nH]4)c(O)cc3nc2-1. The Morgan fingerprint density at radius 2 is 1.95 bits per heavy atom. The second kappa shape index (κ2) is 8.49. The molecule has 40 heavy (non-hydrogen) atoms. The number of phenolic OH excluding ortho intramolecular Hbond substituents is 1. The van der Waals surface area contributed by atoms with Crippen LogP contribution in [-0.2, 0) is 28.3 Å². The molecule has 0 bridgehead atoms. The fraction of sp³-hybridized carbons (Fsp3) is 0.161. The molecule has 2 aromatic carbocycles. The van der Waals surface area contributed by atoms with E-state index in [2.05, 4.69) is 4.98 Å². The van der Waals surface area contributed by atoms with E-state index in [0.717, 1.165) is 5.56 Å². The van der Waals surface area contributed by atoms with Crippen molar-refractivity contribution in [1.82, 2.24) is 14.5 Å². The van der Waals surface area contributed by atoms with Crippen LogP contribution in [0, 0.1) is 5.41 Å². The van der Waals surface area contributed by atoms with Gasteiger partial charge in [-0.15, -0.1) is 0 Å². The third-order valence-electron chi connectivity index (χ3n) is 7.97. The van der Waals surface area contributed by atoms with Gasteiger partial charge in [0.15, 0.2) is 5.60 Å². The van der Waals surface area contributed by atoms with Gasteiger partial charge in [0.1, 0.15) is 12.4 Å². The summed E-state index contributed by atoms with van der Waals surface area (Å²) in [5.74, 6) is -0.815. The molecular weight excluding hydrogens is 508 g/mol. The highest BCUT2D eigenvalue weighted by atomic mass is 16.6. The molecule has 0 spiro atoms. The van der Waals surface area contributed by atoms with E-state index in [-0.39, 0.29) is 47.7 Å². The Morgan fingerprint density at radius 1 is 1.15 bits per heavy atom. The van der Waals surface area contributed by atoms with Crippen LogP contribution in [0.15, 0.2) is 71.7 Å². The minimum Gasteiger partial charge on any atom is -0.507 e. The average molecular weight is 533 g/mol. The lowest BCUT2D eigenvalue weighted by atomic mass is 9.86. The number of cyclic esters (lactones) is 1. The van der Waals surface area contributed by atoms with Crippen molar-refractivity contribution in [2.75, 3.05) is 0 Å². The highest BCUT2D eigenvalue weighted by Gasteiger charge is 2.45. The number of hydrogen-bond donors (Lipinski definition) is 4. The van der Waals surface area contributed by atoms with Crippen LogP contribution < -0.4 is 5.56 Å². The van der Waals surface area contributed by atoms with Gasteiger partial charge in [-0.3, -0.25) is 10.2 Å². The van der Waals surface area contributed by atoms with Crippen LogP contribution in [0.1, 0.15) is 41.2 Å². The molecule has 1 atom stereocenters. The summed E-state index contributed by atoms with van der Waals surface area (Å²) < 4.78 is 6.73. The van der Waals surface area contributed by atoms with Crippen molar-refractivity contribution in [2.24, 2.45) is 0 Å². The van der Waals surface area contributed by atoms with Crippen molar-refractivity contribution < 1.29 is 19.7 Å². The lowest BCUT2D eigenvalue weighted by molar-refractivity contribution is -0.172. The molecular formula is C31H24N4O5. The number of hydrogen-bond acceptors (Lipinski definition) is 7. The molecule has 7 rings (SSSR count). The number of aromatic amines is 1. The van der Waals surface area contributed by atoms with E-state index in [1.807, 2.05) is 48.5 Å². The number of H-pyrrole nitrogens is 1. The number of phenols is 1. The summed E-state index contributed by atoms with van der Waals surface area (Å²) >= 11 is 0. The normalized spacial score (nSPS) is 17.3. The van der Waals surface area contributed by atoms with Crippen LogP contribution in [0.2, 0.25) is 0 Å². The van der Waals surface area contributed by atoms with Gasteiger partial charge in [0.2, 0.25) is 0 Å². The number of benzene rings is 2. The molecule has 0 aliphatic carbocycles. The molecule has 5 heterocycles. The number of rotatable bonds is 4. The number of esters is 1. The molecule has 0 saturated carbocycles. The van der Waals surface area contributed by atoms with E-state index < -0.39 is 11.6 Å². The first-order valence-corrected chi connectivity index (χ1v) is 13.0. The van der Waals surface area contributed by atoms with E-state index in [9.17, 15) is 19.8 Å². The third-order valence-corrected chi connectivity index (χ3v) is 7.97. The Labute approximate surface area is 227 Å². The smallest absolute Gasteiger partial charge is 0.343 e. The van der Waals surface area contributed by atoms with Crippen molar-refractivity contribution in [3.63, 3.8) is 0 Å². The average Bonchev–Trinajstić information content (AvgIpc) is 3.62. The zero-order valence-electron chi connectivity index (χ0n) is 21.5. The van der Waals surface area contributed by atoms with E-state index >= 15 is 0 Å². The van der Waals surface area contributed by atoms with E-state index in [4.69, 9.17) is 15.1 Å². The number of pyridine rings is 2. The van der Waals surface area contributed by atoms with Gasteiger partial charge in [-0.25, -0.2) is 9.78 Å². The maximum Gasteiger partial charge on any atom is 0.343 e. The lowest BCUT2D eigenvalue weighted by Gasteiger charge is -2.31. The quantitative estimate of drug-likeness (QED) is 0.198. The van der Waals surface area contributed by atoms with Gasteiger partial charge < -0.3 is 24.5 Å². The first-order chi connectivity index (χ1) is 19.3. The summed E-state index contributed by atoms with van der Waals surface area (Å²) in [6.07, 6.45) is 1.81. The Kier molecular flexibility index (Phi) is 5.10. The zero-order valence-corrected chi connectivity index (χ0v) is 21.5. The van der Waals surface area contributed by atoms with Crippen LogP contribution in [-0.4, -0.2) is 36.4 Å². The fourth-order valence-electron chi connectivity index (χ4n) is 5.88. The maximum atomic E-state index is 13.6. The molecule has 0 radical (unpaired) electrons. The lowest BCUT2D eigenvalue weighted by Crippen LogP contribution is -2.44. The number of aliphatic hydroxyl groups is 1. The van der Waals surface area contributed by atoms with Gasteiger partial charge in [-0.1, -0.05) is 37.3 Å². The standard InChI is InChI=1S/C31H24N4O5/c1-2-31(39)20-12-23-28-17(14-35(23)29(37)19(20)15-40-30(31)38)11-18-22(34-28)13-24(36)26(21-9-6-10-33-21)25(18)27(32)16-7-4-3-5-8-16/h3-13,32-33,36,39H,2,14-15H2,1H3/t31-/m0/s1. The molecule has 4 N–H and O–H groups in total. The summed E-state index contributed by atoms with van der Waals surface area (Å²) in [6, 6.07) is 18.1. The minimum atomic E-state index is -1.91.